The highest BCUT2D eigenvalue weighted by Gasteiger charge is 2.17. The average Bonchev–Trinajstić information content (AvgIpc) is 2.68. The molecule has 132 valence electrons. The van der Waals surface area contributed by atoms with E-state index in [0.29, 0.717) is 22.8 Å². The number of hydrogen-bond donors (Lipinski definition) is 2. The smallest absolute Gasteiger partial charge is 0.254 e. The number of nitrogens with one attached hydrogen (secondary N) is 2. The van der Waals surface area contributed by atoms with Crippen LogP contribution in [0.15, 0.2) is 48.9 Å². The fourth-order valence-corrected chi connectivity index (χ4v) is 2.60. The molecule has 0 aliphatic heterocycles. The molecule has 26 heavy (non-hydrogen) atoms. The minimum atomic E-state index is -0.295. The molecule has 3 aromatic rings. The number of nitrogens with zero attached hydrogens (tertiary/aromatic N) is 3. The summed E-state index contributed by atoms with van der Waals surface area (Å²) in [5.74, 6) is 0.640. The average molecular weight is 370 g/mol. The first-order valence-corrected chi connectivity index (χ1v) is 8.11. The van der Waals surface area contributed by atoms with E-state index in [1.807, 2.05) is 24.3 Å². The summed E-state index contributed by atoms with van der Waals surface area (Å²) in [5, 5.41) is 5.93. The molecule has 0 aromatic carbocycles. The maximum absolute atomic E-state index is 12.1. The number of carbonyl (C=O) groups excluding carboxylic acids is 1. The lowest BCUT2D eigenvalue weighted by Crippen LogP contribution is -2.19. The molecule has 0 bridgehead atoms. The van der Waals surface area contributed by atoms with Gasteiger partial charge in [0.05, 0.1) is 24.1 Å². The normalized spacial score (nSPS) is 10.3. The summed E-state index contributed by atoms with van der Waals surface area (Å²) in [7, 11) is 3.09. The lowest BCUT2D eigenvalue weighted by molar-refractivity contribution is 0.0963. The third-order valence-corrected chi connectivity index (χ3v) is 3.85. The number of ether oxygens (including phenoxy) is 1. The highest BCUT2D eigenvalue weighted by atomic mass is 35.5. The van der Waals surface area contributed by atoms with Crippen LogP contribution in [0.5, 0.6) is 5.75 Å². The Labute approximate surface area is 155 Å². The molecular weight excluding hydrogens is 354 g/mol. The van der Waals surface area contributed by atoms with Gasteiger partial charge in [0.25, 0.3) is 5.91 Å². The van der Waals surface area contributed by atoms with Crippen molar-refractivity contribution in [1.29, 1.82) is 0 Å². The molecule has 0 aliphatic carbocycles. The van der Waals surface area contributed by atoms with Gasteiger partial charge in [-0.2, -0.15) is 0 Å². The molecule has 0 atom stereocenters. The second-order valence-electron chi connectivity index (χ2n) is 5.21. The molecule has 7 nitrogen and oxygen atoms in total. The number of halogens is 1. The second kappa shape index (κ2) is 7.79. The van der Waals surface area contributed by atoms with Crippen molar-refractivity contribution < 1.29 is 9.53 Å². The molecule has 3 heterocycles. The predicted octanol–water partition coefficient (Wildman–Crippen LogP) is 3.30. The largest absolute Gasteiger partial charge is 0.492 e. The van der Waals surface area contributed by atoms with Crippen LogP contribution in [0.25, 0.3) is 11.3 Å². The van der Waals surface area contributed by atoms with Gasteiger partial charge in [-0.25, -0.2) is 9.97 Å². The summed E-state index contributed by atoms with van der Waals surface area (Å²) in [5.41, 5.74) is 2.32. The molecule has 0 spiro atoms. The van der Waals surface area contributed by atoms with Crippen LogP contribution in [0, 0.1) is 0 Å². The summed E-state index contributed by atoms with van der Waals surface area (Å²) >= 11 is 5.99. The number of hydrogen-bond acceptors (Lipinski definition) is 6. The Balaban J connectivity index is 2.07. The van der Waals surface area contributed by atoms with Crippen molar-refractivity contribution in [3.63, 3.8) is 0 Å². The lowest BCUT2D eigenvalue weighted by Gasteiger charge is -2.15. The Bertz CT molecular complexity index is 934. The van der Waals surface area contributed by atoms with Crippen LogP contribution in [-0.4, -0.2) is 35.0 Å². The van der Waals surface area contributed by atoms with Crippen molar-refractivity contribution in [2.75, 3.05) is 19.5 Å². The summed E-state index contributed by atoms with van der Waals surface area (Å²) < 4.78 is 5.55. The van der Waals surface area contributed by atoms with E-state index in [-0.39, 0.29) is 11.1 Å². The highest BCUT2D eigenvalue weighted by Crippen LogP contribution is 2.36. The first-order valence-electron chi connectivity index (χ1n) is 7.73. The standard InChI is InChI=1S/C18H16ClN5O2/c1-20-18(25)12-10-23-15(19)9-14(12)24-17-16(26-2)11(6-8-22-17)13-5-3-4-7-21-13/h3-10H,1-2H3,(H,20,25)(H,22,23,24). The van der Waals surface area contributed by atoms with Crippen molar-refractivity contribution in [3.05, 3.63) is 59.6 Å². The van der Waals surface area contributed by atoms with E-state index < -0.39 is 0 Å². The molecule has 8 heteroatoms. The van der Waals surface area contributed by atoms with Gasteiger partial charge in [-0.1, -0.05) is 17.7 Å². The van der Waals surface area contributed by atoms with Crippen molar-refractivity contribution in [1.82, 2.24) is 20.3 Å². The molecule has 0 radical (unpaired) electrons. The lowest BCUT2D eigenvalue weighted by atomic mass is 10.1. The van der Waals surface area contributed by atoms with E-state index in [1.165, 1.54) is 6.20 Å². The molecule has 0 fully saturated rings. The molecule has 0 saturated carbocycles. The summed E-state index contributed by atoms with van der Waals surface area (Å²) in [6, 6.07) is 8.97. The van der Waals surface area contributed by atoms with Gasteiger partial charge in [0.15, 0.2) is 11.6 Å². The number of aromatic nitrogens is 3. The van der Waals surface area contributed by atoms with Crippen molar-refractivity contribution in [3.8, 4) is 17.0 Å². The minimum absolute atomic E-state index is 0.250. The first-order chi connectivity index (χ1) is 12.6. The number of methoxy groups -OCH3 is 1. The van der Waals surface area contributed by atoms with Crippen LogP contribution in [0.1, 0.15) is 10.4 Å². The van der Waals surface area contributed by atoms with Crippen molar-refractivity contribution >= 4 is 29.0 Å². The molecule has 0 saturated heterocycles. The van der Waals surface area contributed by atoms with Gasteiger partial charge >= 0.3 is 0 Å². The monoisotopic (exact) mass is 369 g/mol. The summed E-state index contributed by atoms with van der Waals surface area (Å²) in [6.45, 7) is 0. The highest BCUT2D eigenvalue weighted by molar-refractivity contribution is 6.29. The number of pyridine rings is 3. The molecule has 1 amide bonds. The van der Waals surface area contributed by atoms with Crippen molar-refractivity contribution in [2.45, 2.75) is 0 Å². The van der Waals surface area contributed by atoms with Crippen LogP contribution < -0.4 is 15.4 Å². The van der Waals surface area contributed by atoms with Crippen LogP contribution >= 0.6 is 11.6 Å². The number of amides is 1. The van der Waals surface area contributed by atoms with Crippen molar-refractivity contribution in [2.24, 2.45) is 0 Å². The quantitative estimate of drug-likeness (QED) is 0.671. The molecular formula is C18H16ClN5O2. The fourth-order valence-electron chi connectivity index (χ4n) is 2.44. The third-order valence-electron chi connectivity index (χ3n) is 3.64. The maximum Gasteiger partial charge on any atom is 0.254 e. The topological polar surface area (TPSA) is 89.0 Å². The van der Waals surface area contributed by atoms with Gasteiger partial charge in [-0.05, 0) is 24.3 Å². The molecule has 0 aliphatic rings. The molecule has 2 N–H and O–H groups in total. The zero-order valence-corrected chi connectivity index (χ0v) is 14.9. The molecule has 3 aromatic heterocycles. The van der Waals surface area contributed by atoms with Crippen LogP contribution in [0.2, 0.25) is 5.15 Å². The fraction of sp³-hybridized carbons (Fsp3) is 0.111. The van der Waals surface area contributed by atoms with Gasteiger partial charge in [0, 0.05) is 31.2 Å². The SMILES string of the molecule is CNC(=O)c1cnc(Cl)cc1Nc1nccc(-c2ccccn2)c1OC. The predicted molar refractivity (Wildman–Crippen MR) is 99.9 cm³/mol. The second-order valence-corrected chi connectivity index (χ2v) is 5.60. The van der Waals surface area contributed by atoms with Gasteiger partial charge in [0.1, 0.15) is 5.15 Å². The van der Waals surface area contributed by atoms with Crippen LogP contribution in [-0.2, 0) is 0 Å². The Kier molecular flexibility index (Phi) is 5.28. The van der Waals surface area contributed by atoms with E-state index in [9.17, 15) is 4.79 Å². The Hall–Kier alpha value is -3.19. The van der Waals surface area contributed by atoms with Crippen LogP contribution in [0.3, 0.4) is 0 Å². The Morgan fingerprint density at radius 1 is 1.15 bits per heavy atom. The number of rotatable bonds is 5. The molecule has 0 unspecified atom stereocenters. The van der Waals surface area contributed by atoms with Gasteiger partial charge in [0.2, 0.25) is 0 Å². The van der Waals surface area contributed by atoms with Gasteiger partial charge in [-0.15, -0.1) is 0 Å². The van der Waals surface area contributed by atoms with E-state index >= 15 is 0 Å². The number of carbonyl (C=O) groups is 1. The van der Waals surface area contributed by atoms with Crippen LogP contribution in [0.4, 0.5) is 11.5 Å². The Morgan fingerprint density at radius 2 is 2.00 bits per heavy atom. The van der Waals surface area contributed by atoms with Gasteiger partial charge < -0.3 is 15.4 Å². The third kappa shape index (κ3) is 3.57. The number of anilines is 2. The minimum Gasteiger partial charge on any atom is -0.492 e. The zero-order chi connectivity index (χ0) is 18.5. The zero-order valence-electron chi connectivity index (χ0n) is 14.2. The summed E-state index contributed by atoms with van der Waals surface area (Å²) in [4.78, 5) is 24.7. The van der Waals surface area contributed by atoms with Gasteiger partial charge in [-0.3, -0.25) is 9.78 Å². The van der Waals surface area contributed by atoms with E-state index in [1.54, 1.807) is 32.6 Å². The Morgan fingerprint density at radius 3 is 2.69 bits per heavy atom. The van der Waals surface area contributed by atoms with E-state index in [0.717, 1.165) is 11.3 Å². The molecule has 3 rings (SSSR count). The first kappa shape index (κ1) is 17.6. The summed E-state index contributed by atoms with van der Waals surface area (Å²) in [6.07, 6.45) is 4.74. The van der Waals surface area contributed by atoms with E-state index in [2.05, 4.69) is 25.6 Å². The maximum atomic E-state index is 12.1. The van der Waals surface area contributed by atoms with E-state index in [4.69, 9.17) is 16.3 Å².